The zero-order valence-corrected chi connectivity index (χ0v) is 13.4. The van der Waals surface area contributed by atoms with Crippen molar-refractivity contribution < 1.29 is 14.8 Å². The van der Waals surface area contributed by atoms with Crippen molar-refractivity contribution in [3.05, 3.63) is 75.3 Å². The molecule has 24 heavy (non-hydrogen) atoms. The van der Waals surface area contributed by atoms with Gasteiger partial charge in [-0.05, 0) is 48.7 Å². The van der Waals surface area contributed by atoms with Gasteiger partial charge in [-0.2, -0.15) is 0 Å². The number of carbonyl (C=O) groups excluding carboxylic acids is 1. The number of hydrogen-bond donors (Lipinski definition) is 1. The number of nitro groups is 1. The minimum atomic E-state index is -0.460. The predicted molar refractivity (Wildman–Crippen MR) is 93.0 cm³/mol. The first-order valence-electron chi connectivity index (χ1n) is 7.80. The van der Waals surface area contributed by atoms with Gasteiger partial charge in [0.05, 0.1) is 10.5 Å². The summed E-state index contributed by atoms with van der Waals surface area (Å²) in [5.41, 5.74) is 1.57. The highest BCUT2D eigenvalue weighted by molar-refractivity contribution is 6.12. The fourth-order valence-corrected chi connectivity index (χ4v) is 2.35. The zero-order valence-electron chi connectivity index (χ0n) is 13.4. The summed E-state index contributed by atoms with van der Waals surface area (Å²) >= 11 is 0. The number of ketones is 1. The molecule has 5 heteroatoms. The molecule has 0 aliphatic heterocycles. The average molecular weight is 325 g/mol. The number of unbranched alkanes of at least 4 members (excludes halogenated alkanes) is 1. The Labute approximate surface area is 140 Å². The van der Waals surface area contributed by atoms with Gasteiger partial charge in [0.15, 0.2) is 5.78 Å². The van der Waals surface area contributed by atoms with Crippen molar-refractivity contribution in [2.45, 2.75) is 26.2 Å². The number of carbonyl (C=O) groups is 1. The molecule has 0 heterocycles. The maximum Gasteiger partial charge on any atom is 0.269 e. The summed E-state index contributed by atoms with van der Waals surface area (Å²) in [6, 6.07) is 12.5. The molecule has 0 radical (unpaired) electrons. The van der Waals surface area contributed by atoms with Crippen LogP contribution in [0.4, 0.5) is 5.69 Å². The van der Waals surface area contributed by atoms with Crippen molar-refractivity contribution in [3.63, 3.8) is 0 Å². The van der Waals surface area contributed by atoms with Crippen molar-refractivity contribution in [2.24, 2.45) is 0 Å². The lowest BCUT2D eigenvalue weighted by molar-refractivity contribution is -0.384. The smallest absolute Gasteiger partial charge is 0.269 e. The second-order valence-electron chi connectivity index (χ2n) is 5.47. The van der Waals surface area contributed by atoms with Gasteiger partial charge in [-0.25, -0.2) is 0 Å². The van der Waals surface area contributed by atoms with E-state index in [-0.39, 0.29) is 22.8 Å². The number of Topliss-reactive ketones (excluding diaryl/α,β-unsaturated/α-hetero) is 1. The Bertz CT molecular complexity index is 763. The second kappa shape index (κ2) is 8.06. The fraction of sp³-hybridized carbons (Fsp3) is 0.211. The summed E-state index contributed by atoms with van der Waals surface area (Å²) in [5, 5.41) is 20.6. The lowest BCUT2D eigenvalue weighted by atomic mass is 9.96. The van der Waals surface area contributed by atoms with Crippen molar-refractivity contribution in [1.29, 1.82) is 0 Å². The maximum atomic E-state index is 12.7. The molecule has 0 unspecified atom stereocenters. The molecular formula is C19H19NO4. The largest absolute Gasteiger partial charge is 0.507 e. The van der Waals surface area contributed by atoms with E-state index in [1.165, 1.54) is 18.2 Å². The van der Waals surface area contributed by atoms with E-state index in [0.717, 1.165) is 18.4 Å². The predicted octanol–water partition coefficient (Wildman–Crippen LogP) is 4.76. The lowest BCUT2D eigenvalue weighted by Crippen LogP contribution is -2.04. The van der Waals surface area contributed by atoms with Crippen LogP contribution >= 0.6 is 0 Å². The number of benzene rings is 2. The van der Waals surface area contributed by atoms with E-state index in [2.05, 4.69) is 0 Å². The van der Waals surface area contributed by atoms with Gasteiger partial charge >= 0.3 is 0 Å². The van der Waals surface area contributed by atoms with E-state index >= 15 is 0 Å². The quantitative estimate of drug-likeness (QED) is 0.344. The number of nitrogens with zero attached hydrogens (tertiary/aromatic N) is 1. The van der Waals surface area contributed by atoms with Crippen LogP contribution in [0.5, 0.6) is 5.75 Å². The summed E-state index contributed by atoms with van der Waals surface area (Å²) in [6.07, 6.45) is 4.10. The number of non-ortho nitro benzene ring substituents is 1. The molecule has 0 aliphatic carbocycles. The van der Waals surface area contributed by atoms with Gasteiger partial charge in [-0.15, -0.1) is 0 Å². The molecule has 2 aromatic rings. The van der Waals surface area contributed by atoms with Gasteiger partial charge in [-0.1, -0.05) is 25.5 Å². The van der Waals surface area contributed by atoms with E-state index in [0.29, 0.717) is 12.0 Å². The molecule has 0 saturated heterocycles. The van der Waals surface area contributed by atoms with Crippen LogP contribution in [0.3, 0.4) is 0 Å². The molecule has 0 bridgehead atoms. The van der Waals surface area contributed by atoms with E-state index in [4.69, 9.17) is 0 Å². The topological polar surface area (TPSA) is 80.4 Å². The number of rotatable bonds is 7. The van der Waals surface area contributed by atoms with Crippen LogP contribution in [0.2, 0.25) is 0 Å². The number of para-hydroxylation sites is 1. The van der Waals surface area contributed by atoms with Crippen molar-refractivity contribution >= 4 is 17.5 Å². The molecular weight excluding hydrogens is 306 g/mol. The number of nitro benzene ring substituents is 1. The summed E-state index contributed by atoms with van der Waals surface area (Å²) in [4.78, 5) is 23.0. The Morgan fingerprint density at radius 3 is 2.42 bits per heavy atom. The molecule has 0 amide bonds. The Balaban J connectivity index is 2.35. The highest BCUT2D eigenvalue weighted by Crippen LogP contribution is 2.24. The van der Waals surface area contributed by atoms with Gasteiger partial charge in [0.2, 0.25) is 0 Å². The van der Waals surface area contributed by atoms with Gasteiger partial charge in [0.25, 0.3) is 5.69 Å². The summed E-state index contributed by atoms with van der Waals surface area (Å²) < 4.78 is 0. The number of hydrogen-bond acceptors (Lipinski definition) is 4. The first-order chi connectivity index (χ1) is 11.5. The van der Waals surface area contributed by atoms with Gasteiger partial charge in [0.1, 0.15) is 5.75 Å². The van der Waals surface area contributed by atoms with Crippen LogP contribution in [0.1, 0.15) is 42.1 Å². The molecule has 124 valence electrons. The first kappa shape index (κ1) is 17.4. The molecule has 0 atom stereocenters. The Morgan fingerprint density at radius 1 is 1.17 bits per heavy atom. The lowest BCUT2D eigenvalue weighted by Gasteiger charge is -2.08. The Kier molecular flexibility index (Phi) is 5.84. The monoisotopic (exact) mass is 325 g/mol. The fourth-order valence-electron chi connectivity index (χ4n) is 2.35. The van der Waals surface area contributed by atoms with Gasteiger partial charge in [0, 0.05) is 17.7 Å². The zero-order chi connectivity index (χ0) is 17.5. The van der Waals surface area contributed by atoms with Gasteiger partial charge < -0.3 is 5.11 Å². The van der Waals surface area contributed by atoms with Gasteiger partial charge in [-0.3, -0.25) is 14.9 Å². The standard InChI is InChI=1S/C19H19NO4/c1-2-3-6-15(19(22)17-7-4-5-8-18(17)21)13-14-9-11-16(12-10-14)20(23)24/h4-5,7-13,21H,2-3,6H2,1H3/b15-13+. The molecule has 5 nitrogen and oxygen atoms in total. The number of phenolic OH excluding ortho intramolecular Hbond substituents is 1. The van der Waals surface area contributed by atoms with E-state index in [1.807, 2.05) is 6.92 Å². The van der Waals surface area contributed by atoms with Crippen molar-refractivity contribution in [2.75, 3.05) is 0 Å². The van der Waals surface area contributed by atoms with E-state index in [1.54, 1.807) is 36.4 Å². The third kappa shape index (κ3) is 4.29. The molecule has 1 N–H and O–H groups in total. The highest BCUT2D eigenvalue weighted by atomic mass is 16.6. The number of aromatic hydroxyl groups is 1. The maximum absolute atomic E-state index is 12.7. The van der Waals surface area contributed by atoms with Crippen LogP contribution in [0.15, 0.2) is 54.1 Å². The van der Waals surface area contributed by atoms with Crippen LogP contribution in [-0.2, 0) is 0 Å². The summed E-state index contributed by atoms with van der Waals surface area (Å²) in [6.45, 7) is 2.04. The highest BCUT2D eigenvalue weighted by Gasteiger charge is 2.15. The SMILES string of the molecule is CCCC/C(=C\c1ccc([N+](=O)[O-])cc1)C(=O)c1ccccc1O. The second-order valence-corrected chi connectivity index (χ2v) is 5.47. The van der Waals surface area contributed by atoms with Crippen LogP contribution in [0, 0.1) is 10.1 Å². The average Bonchev–Trinajstić information content (AvgIpc) is 2.59. The number of phenols is 1. The molecule has 0 spiro atoms. The molecule has 0 aliphatic rings. The van der Waals surface area contributed by atoms with Crippen molar-refractivity contribution in [1.82, 2.24) is 0 Å². The molecule has 0 fully saturated rings. The van der Waals surface area contributed by atoms with E-state index < -0.39 is 4.92 Å². The summed E-state index contributed by atoms with van der Waals surface area (Å²) in [5.74, 6) is -0.270. The molecule has 2 aromatic carbocycles. The Morgan fingerprint density at radius 2 is 1.83 bits per heavy atom. The van der Waals surface area contributed by atoms with Crippen LogP contribution < -0.4 is 0 Å². The van der Waals surface area contributed by atoms with Crippen LogP contribution in [0.25, 0.3) is 6.08 Å². The minimum Gasteiger partial charge on any atom is -0.507 e. The first-order valence-corrected chi connectivity index (χ1v) is 7.80. The third-order valence-electron chi connectivity index (χ3n) is 3.68. The number of allylic oxidation sites excluding steroid dienone is 1. The third-order valence-corrected chi connectivity index (χ3v) is 3.68. The molecule has 0 saturated carbocycles. The normalized spacial score (nSPS) is 11.3. The summed E-state index contributed by atoms with van der Waals surface area (Å²) in [7, 11) is 0. The minimum absolute atomic E-state index is 0.00860. The Hall–Kier alpha value is -2.95. The molecule has 2 rings (SSSR count). The van der Waals surface area contributed by atoms with Crippen molar-refractivity contribution in [3.8, 4) is 5.75 Å². The van der Waals surface area contributed by atoms with E-state index in [9.17, 15) is 20.0 Å². The van der Waals surface area contributed by atoms with Crippen LogP contribution in [-0.4, -0.2) is 15.8 Å². The molecule has 0 aromatic heterocycles.